The molecule has 2 aromatic heterocycles. The highest BCUT2D eigenvalue weighted by molar-refractivity contribution is 6.32. The van der Waals surface area contributed by atoms with Crippen LogP contribution in [0.1, 0.15) is 44.0 Å². The summed E-state index contributed by atoms with van der Waals surface area (Å²) >= 11 is 6.12. The monoisotopic (exact) mass is 335 g/mol. The summed E-state index contributed by atoms with van der Waals surface area (Å²) in [5.74, 6) is 0.564. The van der Waals surface area contributed by atoms with E-state index < -0.39 is 11.6 Å². The second kappa shape index (κ2) is 5.85. The zero-order valence-corrected chi connectivity index (χ0v) is 14.0. The predicted octanol–water partition coefficient (Wildman–Crippen LogP) is 3.42. The molecule has 0 unspecified atom stereocenters. The van der Waals surface area contributed by atoms with Crippen molar-refractivity contribution in [2.24, 2.45) is 0 Å². The molecule has 2 heterocycles. The van der Waals surface area contributed by atoms with Gasteiger partial charge in [-0.2, -0.15) is 0 Å². The summed E-state index contributed by atoms with van der Waals surface area (Å²) in [6.07, 6.45) is 4.16. The third-order valence-corrected chi connectivity index (χ3v) is 3.35. The number of esters is 1. The van der Waals surface area contributed by atoms with E-state index in [1.807, 2.05) is 0 Å². The summed E-state index contributed by atoms with van der Waals surface area (Å²) < 4.78 is 12.5. The van der Waals surface area contributed by atoms with Crippen molar-refractivity contribution in [3.63, 3.8) is 0 Å². The van der Waals surface area contributed by atoms with Gasteiger partial charge in [-0.05, 0) is 45.7 Å². The van der Waals surface area contributed by atoms with Gasteiger partial charge >= 0.3 is 5.97 Å². The van der Waals surface area contributed by atoms with Crippen molar-refractivity contribution in [1.82, 2.24) is 14.8 Å². The highest BCUT2D eigenvalue weighted by Gasteiger charge is 2.25. The lowest BCUT2D eigenvalue weighted by Gasteiger charge is -2.19. The highest BCUT2D eigenvalue weighted by atomic mass is 35.5. The minimum Gasteiger partial charge on any atom is -0.473 e. The van der Waals surface area contributed by atoms with Crippen LogP contribution >= 0.6 is 11.6 Å². The van der Waals surface area contributed by atoms with Crippen LogP contribution in [0, 0.1) is 0 Å². The van der Waals surface area contributed by atoms with Crippen LogP contribution < -0.4 is 4.74 Å². The molecule has 1 aliphatic rings. The molecule has 6 nitrogen and oxygen atoms in total. The van der Waals surface area contributed by atoms with E-state index in [0.29, 0.717) is 11.7 Å². The summed E-state index contributed by atoms with van der Waals surface area (Å²) in [5, 5.41) is 4.37. The van der Waals surface area contributed by atoms with Crippen LogP contribution in [0.25, 0.3) is 5.82 Å². The standard InChI is InChI=1S/C16H18ClN3O3/c1-16(2,3)23-15(21)11-6-7-12(18-14(11)17)20-9-8-13(19-20)22-10-4-5-10/h6-10H,4-5H2,1-3H3. The van der Waals surface area contributed by atoms with Gasteiger partial charge < -0.3 is 9.47 Å². The van der Waals surface area contributed by atoms with Crippen molar-refractivity contribution in [3.05, 3.63) is 35.1 Å². The Morgan fingerprint density at radius 1 is 1.30 bits per heavy atom. The lowest BCUT2D eigenvalue weighted by atomic mass is 10.2. The van der Waals surface area contributed by atoms with Crippen LogP contribution in [-0.4, -0.2) is 32.4 Å². The van der Waals surface area contributed by atoms with Crippen molar-refractivity contribution < 1.29 is 14.3 Å². The van der Waals surface area contributed by atoms with Gasteiger partial charge in [0.15, 0.2) is 5.82 Å². The van der Waals surface area contributed by atoms with Crippen LogP contribution in [0.3, 0.4) is 0 Å². The Labute approximate surface area is 139 Å². The summed E-state index contributed by atoms with van der Waals surface area (Å²) in [7, 11) is 0. The molecule has 0 amide bonds. The second-order valence-electron chi connectivity index (χ2n) is 6.43. The van der Waals surface area contributed by atoms with Gasteiger partial charge in [0.1, 0.15) is 16.9 Å². The molecule has 23 heavy (non-hydrogen) atoms. The molecule has 2 aromatic rings. The molecule has 0 radical (unpaired) electrons. The quantitative estimate of drug-likeness (QED) is 0.632. The van der Waals surface area contributed by atoms with Gasteiger partial charge in [0.2, 0.25) is 5.88 Å². The maximum atomic E-state index is 12.1. The zero-order valence-electron chi connectivity index (χ0n) is 13.2. The van der Waals surface area contributed by atoms with E-state index in [1.165, 1.54) is 0 Å². The molecule has 7 heteroatoms. The Hall–Kier alpha value is -2.08. The molecule has 122 valence electrons. The maximum Gasteiger partial charge on any atom is 0.341 e. The third kappa shape index (κ3) is 4.01. The molecule has 0 aliphatic heterocycles. The van der Waals surface area contributed by atoms with Gasteiger partial charge in [0, 0.05) is 12.3 Å². The predicted molar refractivity (Wildman–Crippen MR) is 85.2 cm³/mol. The van der Waals surface area contributed by atoms with Gasteiger partial charge in [-0.3, -0.25) is 0 Å². The first kappa shape index (κ1) is 15.8. The largest absolute Gasteiger partial charge is 0.473 e. The zero-order chi connectivity index (χ0) is 16.6. The van der Waals surface area contributed by atoms with E-state index in [2.05, 4.69) is 10.1 Å². The number of carbonyl (C=O) groups excluding carboxylic acids is 1. The molecule has 0 N–H and O–H groups in total. The minimum atomic E-state index is -0.587. The lowest BCUT2D eigenvalue weighted by Crippen LogP contribution is -2.24. The molecule has 0 saturated heterocycles. The molecule has 3 rings (SSSR count). The minimum absolute atomic E-state index is 0.0805. The number of carbonyl (C=O) groups is 1. The smallest absolute Gasteiger partial charge is 0.341 e. The fourth-order valence-corrected chi connectivity index (χ4v) is 2.12. The summed E-state index contributed by atoms with van der Waals surface area (Å²) in [6.45, 7) is 5.39. The van der Waals surface area contributed by atoms with Crippen molar-refractivity contribution >= 4 is 17.6 Å². The van der Waals surface area contributed by atoms with Crippen LogP contribution in [0.2, 0.25) is 5.15 Å². The van der Waals surface area contributed by atoms with Crippen LogP contribution in [0.5, 0.6) is 5.88 Å². The first-order valence-electron chi connectivity index (χ1n) is 7.44. The van der Waals surface area contributed by atoms with Crippen LogP contribution in [0.15, 0.2) is 24.4 Å². The van der Waals surface area contributed by atoms with Crippen LogP contribution in [-0.2, 0) is 4.74 Å². The van der Waals surface area contributed by atoms with Crippen molar-refractivity contribution in [3.8, 4) is 11.7 Å². The molecule has 0 aromatic carbocycles. The highest BCUT2D eigenvalue weighted by Crippen LogP contribution is 2.26. The molecule has 1 fully saturated rings. The SMILES string of the molecule is CC(C)(C)OC(=O)c1ccc(-n2ccc(OC3CC3)n2)nc1Cl. The number of rotatable bonds is 4. The number of nitrogens with zero attached hydrogens (tertiary/aromatic N) is 3. The summed E-state index contributed by atoms with van der Waals surface area (Å²) in [6, 6.07) is 5.02. The first-order chi connectivity index (χ1) is 10.8. The molecule has 1 saturated carbocycles. The molecule has 0 spiro atoms. The Morgan fingerprint density at radius 3 is 2.65 bits per heavy atom. The normalized spacial score (nSPS) is 14.6. The van der Waals surface area contributed by atoms with Crippen molar-refractivity contribution in [1.29, 1.82) is 0 Å². The van der Waals surface area contributed by atoms with Gasteiger partial charge in [-0.25, -0.2) is 14.5 Å². The van der Waals surface area contributed by atoms with E-state index in [1.54, 1.807) is 49.8 Å². The van der Waals surface area contributed by atoms with Gasteiger partial charge in [-0.1, -0.05) is 11.6 Å². The van der Waals surface area contributed by atoms with E-state index in [-0.39, 0.29) is 16.8 Å². The Kier molecular flexibility index (Phi) is 4.02. The molecule has 1 aliphatic carbocycles. The Morgan fingerprint density at radius 2 is 2.04 bits per heavy atom. The number of aromatic nitrogens is 3. The Balaban J connectivity index is 1.78. The fraction of sp³-hybridized carbons (Fsp3) is 0.438. The average Bonchev–Trinajstić information content (AvgIpc) is 3.12. The number of hydrogen-bond donors (Lipinski definition) is 0. The number of halogens is 1. The van der Waals surface area contributed by atoms with Gasteiger partial charge in [-0.15, -0.1) is 5.10 Å². The maximum absolute atomic E-state index is 12.1. The second-order valence-corrected chi connectivity index (χ2v) is 6.78. The number of ether oxygens (including phenoxy) is 2. The Bertz CT molecular complexity index is 732. The third-order valence-electron chi connectivity index (χ3n) is 3.06. The average molecular weight is 336 g/mol. The van der Waals surface area contributed by atoms with Gasteiger partial charge in [0.25, 0.3) is 0 Å². The summed E-state index contributed by atoms with van der Waals surface area (Å²) in [5.41, 5.74) is -0.359. The molecular weight excluding hydrogens is 318 g/mol. The van der Waals surface area contributed by atoms with E-state index in [9.17, 15) is 4.79 Å². The van der Waals surface area contributed by atoms with E-state index in [4.69, 9.17) is 21.1 Å². The molecular formula is C16H18ClN3O3. The number of pyridine rings is 1. The fourth-order valence-electron chi connectivity index (χ4n) is 1.89. The molecule has 0 atom stereocenters. The van der Waals surface area contributed by atoms with Crippen molar-refractivity contribution in [2.75, 3.05) is 0 Å². The lowest BCUT2D eigenvalue weighted by molar-refractivity contribution is 0.00693. The molecule has 0 bridgehead atoms. The topological polar surface area (TPSA) is 66.2 Å². The first-order valence-corrected chi connectivity index (χ1v) is 7.82. The van der Waals surface area contributed by atoms with Gasteiger partial charge in [0.05, 0.1) is 5.56 Å². The number of hydrogen-bond acceptors (Lipinski definition) is 5. The summed E-state index contributed by atoms with van der Waals surface area (Å²) in [4.78, 5) is 16.3. The van der Waals surface area contributed by atoms with Crippen LogP contribution in [0.4, 0.5) is 0 Å². The van der Waals surface area contributed by atoms with E-state index >= 15 is 0 Å². The van der Waals surface area contributed by atoms with Crippen molar-refractivity contribution in [2.45, 2.75) is 45.3 Å². The van der Waals surface area contributed by atoms with E-state index in [0.717, 1.165) is 12.8 Å².